The molecule has 2 heterocycles. The van der Waals surface area contributed by atoms with Crippen molar-refractivity contribution < 1.29 is 4.79 Å². The summed E-state index contributed by atoms with van der Waals surface area (Å²) in [5.74, 6) is 1.65. The Labute approximate surface area is 180 Å². The Morgan fingerprint density at radius 2 is 2.07 bits per heavy atom. The number of aryl methyl sites for hydroxylation is 1. The molecule has 0 aliphatic rings. The van der Waals surface area contributed by atoms with Crippen LogP contribution in [0.3, 0.4) is 0 Å². The van der Waals surface area contributed by atoms with Gasteiger partial charge in [-0.25, -0.2) is 0 Å². The van der Waals surface area contributed by atoms with E-state index < -0.39 is 0 Å². The first-order valence-electron chi connectivity index (χ1n) is 9.91. The topological polar surface area (TPSA) is 59.8 Å². The van der Waals surface area contributed by atoms with Gasteiger partial charge in [0.15, 0.2) is 11.0 Å². The summed E-state index contributed by atoms with van der Waals surface area (Å²) in [5.41, 5.74) is 4.23. The van der Waals surface area contributed by atoms with Crippen LogP contribution in [0.5, 0.6) is 0 Å². The summed E-state index contributed by atoms with van der Waals surface area (Å²) in [5, 5.41) is 14.8. The van der Waals surface area contributed by atoms with Gasteiger partial charge in [0.05, 0.1) is 5.75 Å². The quantitative estimate of drug-likeness (QED) is 0.455. The Hall–Kier alpha value is -2.12. The highest BCUT2D eigenvalue weighted by Gasteiger charge is 2.17. The molecule has 3 rings (SSSR count). The second-order valence-electron chi connectivity index (χ2n) is 7.43. The van der Waals surface area contributed by atoms with Gasteiger partial charge in [-0.15, -0.1) is 21.5 Å². The lowest BCUT2D eigenvalue weighted by molar-refractivity contribution is -0.113. The highest BCUT2D eigenvalue weighted by Crippen LogP contribution is 2.31. The number of aromatic nitrogens is 3. The number of nitrogens with one attached hydrogen (secondary N) is 1. The van der Waals surface area contributed by atoms with Crippen LogP contribution in [0, 0.1) is 13.8 Å². The number of thioether (sulfide) groups is 1. The van der Waals surface area contributed by atoms with Crippen molar-refractivity contribution in [1.82, 2.24) is 14.8 Å². The first-order valence-corrected chi connectivity index (χ1v) is 11.8. The molecule has 0 saturated carbocycles. The Morgan fingerprint density at radius 3 is 2.76 bits per heavy atom. The van der Waals surface area contributed by atoms with Crippen LogP contribution in [0.15, 0.2) is 34.8 Å². The smallest absolute Gasteiger partial charge is 0.234 e. The third-order valence-electron chi connectivity index (χ3n) is 4.82. The number of benzene rings is 1. The van der Waals surface area contributed by atoms with Crippen LogP contribution in [0.25, 0.3) is 11.4 Å². The molecule has 2 aromatic heterocycles. The average molecular weight is 429 g/mol. The summed E-state index contributed by atoms with van der Waals surface area (Å²) < 4.78 is 2.13. The van der Waals surface area contributed by atoms with E-state index in [2.05, 4.69) is 52.3 Å². The minimum atomic E-state index is -0.0334. The molecule has 29 heavy (non-hydrogen) atoms. The van der Waals surface area contributed by atoms with Crippen LogP contribution in [-0.4, -0.2) is 26.4 Å². The van der Waals surface area contributed by atoms with E-state index in [-0.39, 0.29) is 5.91 Å². The van der Waals surface area contributed by atoms with Crippen molar-refractivity contribution in [1.29, 1.82) is 0 Å². The molecule has 0 aliphatic carbocycles. The first-order chi connectivity index (χ1) is 13.9. The molecule has 0 spiro atoms. The molecule has 3 aromatic rings. The van der Waals surface area contributed by atoms with E-state index in [1.54, 1.807) is 11.3 Å². The van der Waals surface area contributed by atoms with Gasteiger partial charge in [0.2, 0.25) is 5.91 Å². The van der Waals surface area contributed by atoms with Gasteiger partial charge in [0.1, 0.15) is 0 Å². The summed E-state index contributed by atoms with van der Waals surface area (Å²) in [6, 6.07) is 8.14. The predicted octanol–water partition coefficient (Wildman–Crippen LogP) is 5.89. The van der Waals surface area contributed by atoms with E-state index in [4.69, 9.17) is 0 Å². The number of rotatable bonds is 8. The van der Waals surface area contributed by atoms with E-state index in [9.17, 15) is 4.79 Å². The first kappa shape index (κ1) is 21.6. The van der Waals surface area contributed by atoms with Gasteiger partial charge < -0.3 is 9.88 Å². The highest BCUT2D eigenvalue weighted by molar-refractivity contribution is 7.99. The Bertz CT molecular complexity index is 991. The minimum absolute atomic E-state index is 0.0334. The molecule has 1 amide bonds. The molecule has 1 N–H and O–H groups in total. The van der Waals surface area contributed by atoms with Crippen LogP contribution < -0.4 is 5.32 Å². The van der Waals surface area contributed by atoms with Crippen molar-refractivity contribution in [2.24, 2.45) is 0 Å². The van der Waals surface area contributed by atoms with Gasteiger partial charge >= 0.3 is 0 Å². The average Bonchev–Trinajstić information content (AvgIpc) is 3.31. The normalized spacial score (nSPS) is 11.2. The largest absolute Gasteiger partial charge is 0.325 e. The van der Waals surface area contributed by atoms with Crippen molar-refractivity contribution >= 4 is 34.7 Å². The van der Waals surface area contributed by atoms with E-state index in [0.717, 1.165) is 40.8 Å². The maximum absolute atomic E-state index is 12.5. The lowest BCUT2D eigenvalue weighted by Gasteiger charge is -2.11. The summed E-state index contributed by atoms with van der Waals surface area (Å²) >= 11 is 3.19. The number of thiophene rings is 1. The van der Waals surface area contributed by atoms with Gasteiger partial charge in [0.25, 0.3) is 0 Å². The number of carbonyl (C=O) groups is 1. The van der Waals surface area contributed by atoms with Crippen LogP contribution in [-0.2, 0) is 11.3 Å². The predicted molar refractivity (Wildman–Crippen MR) is 123 cm³/mol. The fourth-order valence-electron chi connectivity index (χ4n) is 3.01. The summed E-state index contributed by atoms with van der Waals surface area (Å²) in [7, 11) is 0. The molecule has 0 atom stereocenters. The van der Waals surface area contributed by atoms with Gasteiger partial charge in [-0.05, 0) is 49.4 Å². The van der Waals surface area contributed by atoms with Crippen LogP contribution in [0.1, 0.15) is 49.1 Å². The number of carbonyl (C=O) groups excluding carboxylic acids is 1. The number of nitrogens with zero attached hydrogens (tertiary/aromatic N) is 3. The lowest BCUT2D eigenvalue weighted by Crippen LogP contribution is -2.15. The summed E-state index contributed by atoms with van der Waals surface area (Å²) in [6.07, 6.45) is 0.981. The lowest BCUT2D eigenvalue weighted by atomic mass is 10.1. The van der Waals surface area contributed by atoms with Crippen molar-refractivity contribution in [2.45, 2.75) is 58.7 Å². The van der Waals surface area contributed by atoms with Crippen molar-refractivity contribution in [2.75, 3.05) is 11.1 Å². The van der Waals surface area contributed by atoms with Gasteiger partial charge in [-0.1, -0.05) is 44.7 Å². The molecule has 0 bridgehead atoms. The molecule has 0 radical (unpaired) electrons. The Balaban J connectivity index is 1.72. The molecular weight excluding hydrogens is 400 g/mol. The third-order valence-corrected chi connectivity index (χ3v) is 7.02. The Kier molecular flexibility index (Phi) is 7.14. The van der Waals surface area contributed by atoms with Gasteiger partial charge in [-0.2, -0.15) is 0 Å². The molecule has 1 aromatic carbocycles. The zero-order valence-electron chi connectivity index (χ0n) is 17.7. The molecular formula is C22H28N4OS2. The molecule has 7 heteroatoms. The number of hydrogen-bond acceptors (Lipinski definition) is 5. The third kappa shape index (κ3) is 5.08. The molecule has 154 valence electrons. The van der Waals surface area contributed by atoms with Crippen molar-refractivity contribution in [3.05, 3.63) is 45.6 Å². The standard InChI is InChI=1S/C22H28N4OS2/c1-6-10-26-21(17-11-19(14(2)3)28-12-17)24-25-22(26)29-13-20(27)23-18-9-7-8-15(4)16(18)5/h7-9,11-12,14H,6,10,13H2,1-5H3,(H,23,27). The van der Waals surface area contributed by atoms with E-state index in [1.165, 1.54) is 22.2 Å². The highest BCUT2D eigenvalue weighted by atomic mass is 32.2. The second kappa shape index (κ2) is 9.59. The minimum Gasteiger partial charge on any atom is -0.325 e. The van der Waals surface area contributed by atoms with Crippen LogP contribution >= 0.6 is 23.1 Å². The molecule has 0 fully saturated rings. The molecule has 5 nitrogen and oxygen atoms in total. The van der Waals surface area contributed by atoms with E-state index in [0.29, 0.717) is 11.7 Å². The van der Waals surface area contributed by atoms with E-state index in [1.807, 2.05) is 32.0 Å². The van der Waals surface area contributed by atoms with Gasteiger partial charge in [-0.3, -0.25) is 4.79 Å². The zero-order chi connectivity index (χ0) is 21.0. The zero-order valence-corrected chi connectivity index (χ0v) is 19.3. The molecule has 0 unspecified atom stereocenters. The van der Waals surface area contributed by atoms with Gasteiger partial charge in [0, 0.05) is 28.1 Å². The maximum atomic E-state index is 12.5. The van der Waals surface area contributed by atoms with Crippen molar-refractivity contribution in [3.8, 4) is 11.4 Å². The molecule has 0 saturated heterocycles. The van der Waals surface area contributed by atoms with Crippen molar-refractivity contribution in [3.63, 3.8) is 0 Å². The summed E-state index contributed by atoms with van der Waals surface area (Å²) in [6.45, 7) is 11.4. The molecule has 0 aliphatic heterocycles. The monoisotopic (exact) mass is 428 g/mol. The second-order valence-corrected chi connectivity index (χ2v) is 9.32. The fourth-order valence-corrected chi connectivity index (χ4v) is 4.68. The summed E-state index contributed by atoms with van der Waals surface area (Å²) in [4.78, 5) is 13.8. The Morgan fingerprint density at radius 1 is 1.28 bits per heavy atom. The fraction of sp³-hybridized carbons (Fsp3) is 0.409. The number of anilines is 1. The SMILES string of the molecule is CCCn1c(SCC(=O)Nc2cccc(C)c2C)nnc1-c1csc(C(C)C)c1. The van der Waals surface area contributed by atoms with Crippen LogP contribution in [0.2, 0.25) is 0 Å². The number of hydrogen-bond donors (Lipinski definition) is 1. The van der Waals surface area contributed by atoms with E-state index >= 15 is 0 Å². The van der Waals surface area contributed by atoms with Crippen LogP contribution in [0.4, 0.5) is 5.69 Å². The number of amides is 1. The maximum Gasteiger partial charge on any atom is 0.234 e.